The zero-order valence-corrected chi connectivity index (χ0v) is 11.7. The summed E-state index contributed by atoms with van der Waals surface area (Å²) < 4.78 is 5.08. The van der Waals surface area contributed by atoms with Crippen molar-refractivity contribution in [1.29, 1.82) is 0 Å². The van der Waals surface area contributed by atoms with Gasteiger partial charge in [-0.1, -0.05) is 6.92 Å². The molecule has 5 heteroatoms. The average molecular weight is 256 g/mol. The molecule has 2 amide bonds. The molecule has 0 saturated heterocycles. The Labute approximate surface area is 109 Å². The predicted molar refractivity (Wildman–Crippen MR) is 69.2 cm³/mol. The summed E-state index contributed by atoms with van der Waals surface area (Å²) in [7, 11) is 0. The van der Waals surface area contributed by atoms with Crippen LogP contribution in [0.1, 0.15) is 47.0 Å². The molecule has 2 unspecified atom stereocenters. The molecule has 1 aliphatic rings. The first-order valence-electron chi connectivity index (χ1n) is 6.54. The molecule has 0 aromatic rings. The molecule has 1 saturated carbocycles. The highest BCUT2D eigenvalue weighted by molar-refractivity contribution is 5.76. The van der Waals surface area contributed by atoms with Crippen LogP contribution in [0.3, 0.4) is 0 Å². The zero-order valence-electron chi connectivity index (χ0n) is 11.7. The first-order chi connectivity index (χ1) is 8.28. The second-order valence-corrected chi connectivity index (χ2v) is 5.92. The Bertz CT molecular complexity index is 310. The van der Waals surface area contributed by atoms with Gasteiger partial charge in [-0.15, -0.1) is 0 Å². The summed E-state index contributed by atoms with van der Waals surface area (Å²) in [6.45, 7) is 8.03. The topological polar surface area (TPSA) is 67.4 Å². The largest absolute Gasteiger partial charge is 0.444 e. The second-order valence-electron chi connectivity index (χ2n) is 5.92. The molecule has 2 atom stereocenters. The van der Waals surface area contributed by atoms with Gasteiger partial charge in [-0.2, -0.15) is 0 Å². The number of ether oxygens (including phenoxy) is 1. The van der Waals surface area contributed by atoms with E-state index in [4.69, 9.17) is 4.74 Å². The molecule has 0 bridgehead atoms. The van der Waals surface area contributed by atoms with Crippen molar-refractivity contribution < 1.29 is 14.3 Å². The minimum Gasteiger partial charge on any atom is -0.444 e. The van der Waals surface area contributed by atoms with E-state index in [2.05, 4.69) is 17.6 Å². The van der Waals surface area contributed by atoms with Gasteiger partial charge in [0.05, 0.1) is 0 Å². The van der Waals surface area contributed by atoms with Crippen LogP contribution in [0.4, 0.5) is 4.79 Å². The van der Waals surface area contributed by atoms with Crippen molar-refractivity contribution in [2.75, 3.05) is 6.54 Å². The van der Waals surface area contributed by atoms with E-state index in [1.54, 1.807) is 0 Å². The Morgan fingerprint density at radius 3 is 2.44 bits per heavy atom. The number of rotatable bonds is 5. The zero-order chi connectivity index (χ0) is 13.8. The van der Waals surface area contributed by atoms with Gasteiger partial charge in [0.2, 0.25) is 5.91 Å². The van der Waals surface area contributed by atoms with Crippen LogP contribution >= 0.6 is 0 Å². The first-order valence-corrected chi connectivity index (χ1v) is 6.54. The number of hydrogen-bond donors (Lipinski definition) is 2. The van der Waals surface area contributed by atoms with Crippen LogP contribution < -0.4 is 10.6 Å². The van der Waals surface area contributed by atoms with E-state index in [1.807, 2.05) is 20.8 Å². The highest BCUT2D eigenvalue weighted by atomic mass is 16.6. The normalized spacial score (nSPS) is 22.2. The van der Waals surface area contributed by atoms with E-state index >= 15 is 0 Å². The summed E-state index contributed by atoms with van der Waals surface area (Å²) in [5.74, 6) is 0.684. The lowest BCUT2D eigenvalue weighted by Gasteiger charge is -2.19. The van der Waals surface area contributed by atoms with Gasteiger partial charge in [0.15, 0.2) is 0 Å². The fourth-order valence-electron chi connectivity index (χ4n) is 1.56. The summed E-state index contributed by atoms with van der Waals surface area (Å²) in [4.78, 5) is 22.8. The first kappa shape index (κ1) is 14.8. The summed E-state index contributed by atoms with van der Waals surface area (Å²) in [6.07, 6.45) is 1.73. The quantitative estimate of drug-likeness (QED) is 0.737. The fraction of sp³-hybridized carbons (Fsp3) is 0.846. The molecule has 2 N–H and O–H groups in total. The minimum absolute atomic E-state index is 0.0651. The van der Waals surface area contributed by atoms with Crippen LogP contribution in [0.2, 0.25) is 0 Å². The van der Waals surface area contributed by atoms with Crippen molar-refractivity contribution in [2.45, 2.75) is 58.6 Å². The van der Waals surface area contributed by atoms with Crippen LogP contribution in [-0.4, -0.2) is 30.2 Å². The minimum atomic E-state index is -0.483. The molecule has 1 aliphatic carbocycles. The van der Waals surface area contributed by atoms with E-state index in [9.17, 15) is 9.59 Å². The third kappa shape index (κ3) is 6.47. The molecule has 18 heavy (non-hydrogen) atoms. The van der Waals surface area contributed by atoms with Gasteiger partial charge in [0.1, 0.15) is 5.60 Å². The number of alkyl carbamates (subject to hydrolysis) is 1. The molecular weight excluding hydrogens is 232 g/mol. The maximum Gasteiger partial charge on any atom is 0.407 e. The molecule has 0 heterocycles. The van der Waals surface area contributed by atoms with E-state index in [-0.39, 0.29) is 5.91 Å². The molecule has 0 spiro atoms. The predicted octanol–water partition coefficient (Wildman–Crippen LogP) is 1.82. The van der Waals surface area contributed by atoms with Crippen molar-refractivity contribution in [2.24, 2.45) is 5.92 Å². The average Bonchev–Trinajstić information content (AvgIpc) is 2.86. The number of carbonyl (C=O) groups is 2. The van der Waals surface area contributed by atoms with E-state index in [1.165, 1.54) is 0 Å². The molecule has 0 aliphatic heterocycles. The van der Waals surface area contributed by atoms with Gasteiger partial charge in [-0.05, 0) is 39.5 Å². The smallest absolute Gasteiger partial charge is 0.407 e. The highest BCUT2D eigenvalue weighted by Crippen LogP contribution is 2.28. The van der Waals surface area contributed by atoms with E-state index in [0.29, 0.717) is 31.3 Å². The van der Waals surface area contributed by atoms with Crippen LogP contribution in [0, 0.1) is 5.92 Å². The lowest BCUT2D eigenvalue weighted by Crippen LogP contribution is -2.33. The van der Waals surface area contributed by atoms with Gasteiger partial charge < -0.3 is 15.4 Å². The van der Waals surface area contributed by atoms with E-state index in [0.717, 1.165) is 6.42 Å². The summed E-state index contributed by atoms with van der Waals surface area (Å²) in [6, 6.07) is 0.372. The summed E-state index contributed by atoms with van der Waals surface area (Å²) in [5.41, 5.74) is -0.483. The Hall–Kier alpha value is -1.26. The maximum absolute atomic E-state index is 11.5. The van der Waals surface area contributed by atoms with Crippen molar-refractivity contribution in [3.63, 3.8) is 0 Å². The molecule has 0 aromatic carbocycles. The molecular formula is C13H24N2O3. The molecule has 0 aromatic heterocycles. The van der Waals surface area contributed by atoms with Crippen LogP contribution in [0.25, 0.3) is 0 Å². The molecule has 5 nitrogen and oxygen atoms in total. The van der Waals surface area contributed by atoms with Crippen LogP contribution in [-0.2, 0) is 9.53 Å². The Balaban J connectivity index is 2.01. The fourth-order valence-corrected chi connectivity index (χ4v) is 1.56. The summed E-state index contributed by atoms with van der Waals surface area (Å²) in [5, 5.41) is 5.58. The molecule has 0 radical (unpaired) electrons. The number of nitrogens with one attached hydrogen (secondary N) is 2. The Morgan fingerprint density at radius 2 is 1.94 bits per heavy atom. The van der Waals surface area contributed by atoms with Gasteiger partial charge in [0.25, 0.3) is 0 Å². The standard InChI is InChI=1S/C13H24N2O3/c1-9-8-10(9)15-11(16)6-5-7-14-12(17)18-13(2,3)4/h9-10H,5-8H2,1-4H3,(H,14,17)(H,15,16). The van der Waals surface area contributed by atoms with Gasteiger partial charge in [0, 0.05) is 19.0 Å². The molecule has 1 rings (SSSR count). The SMILES string of the molecule is CC1CC1NC(=O)CCCNC(=O)OC(C)(C)C. The summed E-state index contributed by atoms with van der Waals surface area (Å²) >= 11 is 0. The van der Waals surface area contributed by atoms with Crippen molar-refractivity contribution in [1.82, 2.24) is 10.6 Å². The monoisotopic (exact) mass is 256 g/mol. The highest BCUT2D eigenvalue weighted by Gasteiger charge is 2.33. The lowest BCUT2D eigenvalue weighted by atomic mass is 10.2. The number of amides is 2. The second kappa shape index (κ2) is 6.07. The van der Waals surface area contributed by atoms with Crippen molar-refractivity contribution >= 4 is 12.0 Å². The van der Waals surface area contributed by atoms with Crippen LogP contribution in [0.15, 0.2) is 0 Å². The molecule has 104 valence electrons. The third-order valence-electron chi connectivity index (χ3n) is 2.70. The van der Waals surface area contributed by atoms with Crippen molar-refractivity contribution in [3.05, 3.63) is 0 Å². The van der Waals surface area contributed by atoms with Gasteiger partial charge in [-0.3, -0.25) is 4.79 Å². The number of carbonyl (C=O) groups excluding carboxylic acids is 2. The van der Waals surface area contributed by atoms with Crippen molar-refractivity contribution in [3.8, 4) is 0 Å². The maximum atomic E-state index is 11.5. The molecule has 1 fully saturated rings. The Morgan fingerprint density at radius 1 is 1.33 bits per heavy atom. The van der Waals surface area contributed by atoms with Crippen LogP contribution in [0.5, 0.6) is 0 Å². The van der Waals surface area contributed by atoms with Gasteiger partial charge in [-0.25, -0.2) is 4.79 Å². The van der Waals surface area contributed by atoms with Gasteiger partial charge >= 0.3 is 6.09 Å². The lowest BCUT2D eigenvalue weighted by molar-refractivity contribution is -0.121. The number of hydrogen-bond acceptors (Lipinski definition) is 3. The van der Waals surface area contributed by atoms with E-state index < -0.39 is 11.7 Å². The third-order valence-corrected chi connectivity index (χ3v) is 2.70. The Kier molecular flexibility index (Phi) is 4.99.